The zero-order valence-corrected chi connectivity index (χ0v) is 12.1. The molecule has 4 unspecified atom stereocenters. The van der Waals surface area contributed by atoms with Crippen LogP contribution < -0.4 is 5.73 Å². The fourth-order valence-electron chi connectivity index (χ4n) is 4.24. The standard InChI is InChI=1S/C15H30N2/c1-11-5-6-17(13(7-11)10-16)14-9-15(3,4)8-12(14)2/h11-14H,5-10,16H2,1-4H3. The van der Waals surface area contributed by atoms with Crippen LogP contribution in [-0.4, -0.2) is 30.1 Å². The predicted octanol–water partition coefficient (Wildman–Crippen LogP) is 2.87. The Morgan fingerprint density at radius 2 is 1.94 bits per heavy atom. The van der Waals surface area contributed by atoms with Crippen molar-refractivity contribution in [2.24, 2.45) is 23.0 Å². The first-order valence-electron chi connectivity index (χ1n) is 7.39. The van der Waals surface area contributed by atoms with Crippen molar-refractivity contribution < 1.29 is 0 Å². The summed E-state index contributed by atoms with van der Waals surface area (Å²) in [5.41, 5.74) is 6.53. The van der Waals surface area contributed by atoms with Crippen LogP contribution in [0.3, 0.4) is 0 Å². The van der Waals surface area contributed by atoms with Crippen molar-refractivity contribution in [1.82, 2.24) is 4.90 Å². The van der Waals surface area contributed by atoms with Crippen molar-refractivity contribution >= 4 is 0 Å². The summed E-state index contributed by atoms with van der Waals surface area (Å²) in [5.74, 6) is 1.71. The Labute approximate surface area is 107 Å². The van der Waals surface area contributed by atoms with Crippen LogP contribution >= 0.6 is 0 Å². The molecule has 2 heteroatoms. The predicted molar refractivity (Wildman–Crippen MR) is 73.9 cm³/mol. The average Bonchev–Trinajstić information content (AvgIpc) is 2.52. The van der Waals surface area contributed by atoms with Crippen LogP contribution in [0.5, 0.6) is 0 Å². The minimum Gasteiger partial charge on any atom is -0.329 e. The van der Waals surface area contributed by atoms with Crippen LogP contribution in [0.15, 0.2) is 0 Å². The number of piperidine rings is 1. The lowest BCUT2D eigenvalue weighted by Gasteiger charge is -2.43. The van der Waals surface area contributed by atoms with Crippen molar-refractivity contribution in [3.05, 3.63) is 0 Å². The molecule has 2 nitrogen and oxygen atoms in total. The van der Waals surface area contributed by atoms with Crippen molar-refractivity contribution in [2.45, 2.75) is 65.5 Å². The third kappa shape index (κ3) is 2.85. The molecule has 100 valence electrons. The van der Waals surface area contributed by atoms with E-state index >= 15 is 0 Å². The maximum atomic E-state index is 5.99. The Balaban J connectivity index is 2.06. The summed E-state index contributed by atoms with van der Waals surface area (Å²) in [5, 5.41) is 0. The molecule has 0 spiro atoms. The van der Waals surface area contributed by atoms with Crippen molar-refractivity contribution in [2.75, 3.05) is 13.1 Å². The summed E-state index contributed by atoms with van der Waals surface area (Å²) in [6.45, 7) is 11.8. The van der Waals surface area contributed by atoms with Crippen LogP contribution in [0.4, 0.5) is 0 Å². The van der Waals surface area contributed by atoms with E-state index in [1.807, 2.05) is 0 Å². The van der Waals surface area contributed by atoms with Gasteiger partial charge in [-0.1, -0.05) is 27.7 Å². The summed E-state index contributed by atoms with van der Waals surface area (Å²) in [4.78, 5) is 2.75. The third-order valence-corrected chi connectivity index (χ3v) is 5.01. The molecule has 2 rings (SSSR count). The lowest BCUT2D eigenvalue weighted by Crippen LogP contribution is -2.52. The molecule has 0 radical (unpaired) electrons. The molecule has 0 aromatic heterocycles. The summed E-state index contributed by atoms with van der Waals surface area (Å²) < 4.78 is 0. The van der Waals surface area contributed by atoms with E-state index in [1.165, 1.54) is 32.2 Å². The molecule has 2 fully saturated rings. The topological polar surface area (TPSA) is 29.3 Å². The normalized spacial score (nSPS) is 42.9. The molecular formula is C15H30N2. The molecule has 1 saturated carbocycles. The molecule has 4 atom stereocenters. The maximum Gasteiger partial charge on any atom is 0.0224 e. The van der Waals surface area contributed by atoms with Gasteiger partial charge in [-0.3, -0.25) is 4.90 Å². The average molecular weight is 238 g/mol. The highest BCUT2D eigenvalue weighted by molar-refractivity contribution is 4.96. The maximum absolute atomic E-state index is 5.99. The van der Waals surface area contributed by atoms with Gasteiger partial charge in [0.1, 0.15) is 0 Å². The van der Waals surface area contributed by atoms with E-state index < -0.39 is 0 Å². The number of nitrogens with two attached hydrogens (primary N) is 1. The largest absolute Gasteiger partial charge is 0.329 e. The molecule has 17 heavy (non-hydrogen) atoms. The molecule has 0 aromatic rings. The van der Waals surface area contributed by atoms with Crippen LogP contribution in [0, 0.1) is 17.3 Å². The molecule has 0 amide bonds. The van der Waals surface area contributed by atoms with Crippen LogP contribution in [0.25, 0.3) is 0 Å². The lowest BCUT2D eigenvalue weighted by molar-refractivity contribution is 0.0586. The van der Waals surface area contributed by atoms with Gasteiger partial charge in [-0.15, -0.1) is 0 Å². The first-order chi connectivity index (χ1) is 7.93. The van der Waals surface area contributed by atoms with Gasteiger partial charge in [-0.2, -0.15) is 0 Å². The number of nitrogens with zero attached hydrogens (tertiary/aromatic N) is 1. The van der Waals surface area contributed by atoms with Crippen molar-refractivity contribution in [3.63, 3.8) is 0 Å². The van der Waals surface area contributed by atoms with Crippen LogP contribution in [-0.2, 0) is 0 Å². The van der Waals surface area contributed by atoms with Gasteiger partial charge >= 0.3 is 0 Å². The van der Waals surface area contributed by atoms with Gasteiger partial charge in [0.2, 0.25) is 0 Å². The van der Waals surface area contributed by atoms with Crippen LogP contribution in [0.2, 0.25) is 0 Å². The van der Waals surface area contributed by atoms with Crippen molar-refractivity contribution in [3.8, 4) is 0 Å². The summed E-state index contributed by atoms with van der Waals surface area (Å²) in [6.07, 6.45) is 5.40. The van der Waals surface area contributed by atoms with Gasteiger partial charge in [0, 0.05) is 18.6 Å². The van der Waals surface area contributed by atoms with Crippen LogP contribution in [0.1, 0.15) is 53.4 Å². The SMILES string of the molecule is CC1CCN(C2CC(C)(C)CC2C)C(CN)C1. The number of hydrogen-bond donors (Lipinski definition) is 1. The fraction of sp³-hybridized carbons (Fsp3) is 1.00. The van der Waals surface area contributed by atoms with Gasteiger partial charge in [0.25, 0.3) is 0 Å². The van der Waals surface area contributed by atoms with E-state index in [4.69, 9.17) is 5.73 Å². The summed E-state index contributed by atoms with van der Waals surface area (Å²) in [7, 11) is 0. The Kier molecular flexibility index (Phi) is 3.84. The van der Waals surface area contributed by atoms with E-state index in [0.29, 0.717) is 11.5 Å². The Morgan fingerprint density at radius 3 is 2.47 bits per heavy atom. The van der Waals surface area contributed by atoms with Gasteiger partial charge in [-0.25, -0.2) is 0 Å². The molecule has 0 bridgehead atoms. The molecule has 0 aromatic carbocycles. The molecule has 1 saturated heterocycles. The van der Waals surface area contributed by atoms with E-state index in [1.54, 1.807) is 0 Å². The molecule has 1 heterocycles. The van der Waals surface area contributed by atoms with E-state index in [9.17, 15) is 0 Å². The summed E-state index contributed by atoms with van der Waals surface area (Å²) in [6, 6.07) is 1.42. The molecule has 2 N–H and O–H groups in total. The van der Waals surface area contributed by atoms with E-state index in [0.717, 1.165) is 24.4 Å². The highest BCUT2D eigenvalue weighted by Crippen LogP contribution is 2.44. The third-order valence-electron chi connectivity index (χ3n) is 5.01. The highest BCUT2D eigenvalue weighted by Gasteiger charge is 2.42. The number of likely N-dealkylation sites (tertiary alicyclic amines) is 1. The van der Waals surface area contributed by atoms with E-state index in [2.05, 4.69) is 32.6 Å². The van der Waals surface area contributed by atoms with Gasteiger partial charge in [0.05, 0.1) is 0 Å². The minimum absolute atomic E-state index is 0.534. The Morgan fingerprint density at radius 1 is 1.24 bits per heavy atom. The highest BCUT2D eigenvalue weighted by atomic mass is 15.2. The first kappa shape index (κ1) is 13.4. The monoisotopic (exact) mass is 238 g/mol. The fourth-order valence-corrected chi connectivity index (χ4v) is 4.24. The second-order valence-electron chi connectivity index (χ2n) is 7.37. The summed E-state index contributed by atoms with van der Waals surface area (Å²) >= 11 is 0. The molecule has 1 aliphatic carbocycles. The van der Waals surface area contributed by atoms with E-state index in [-0.39, 0.29) is 0 Å². The minimum atomic E-state index is 0.534. The van der Waals surface area contributed by atoms with Gasteiger partial charge in [0.15, 0.2) is 0 Å². The smallest absolute Gasteiger partial charge is 0.0224 e. The second kappa shape index (κ2) is 4.89. The quantitative estimate of drug-likeness (QED) is 0.801. The van der Waals surface area contributed by atoms with Crippen molar-refractivity contribution in [1.29, 1.82) is 0 Å². The molecule has 2 aliphatic rings. The zero-order chi connectivity index (χ0) is 12.6. The lowest BCUT2D eigenvalue weighted by atomic mass is 9.88. The number of hydrogen-bond acceptors (Lipinski definition) is 2. The zero-order valence-electron chi connectivity index (χ0n) is 12.1. The second-order valence-corrected chi connectivity index (χ2v) is 7.37. The Bertz CT molecular complexity index is 262. The first-order valence-corrected chi connectivity index (χ1v) is 7.39. The van der Waals surface area contributed by atoms with Gasteiger partial charge in [-0.05, 0) is 49.5 Å². The number of rotatable bonds is 2. The molecule has 1 aliphatic heterocycles. The van der Waals surface area contributed by atoms with Gasteiger partial charge < -0.3 is 5.73 Å². The Hall–Kier alpha value is -0.0800. The molecular weight excluding hydrogens is 208 g/mol.